The van der Waals surface area contributed by atoms with Crippen molar-refractivity contribution in [1.82, 2.24) is 4.90 Å². The third-order valence-electron chi connectivity index (χ3n) is 16.9. The number of carboxylic acids is 1. The molecule has 3 heterocycles. The van der Waals surface area contributed by atoms with Gasteiger partial charge in [0.15, 0.2) is 30.2 Å². The van der Waals surface area contributed by atoms with Gasteiger partial charge in [-0.05, 0) is 105 Å². The number of hydrogen-bond acceptors (Lipinski definition) is 21. The maximum absolute atomic E-state index is 14.2. The topological polar surface area (TPSA) is 319 Å². The van der Waals surface area contributed by atoms with Gasteiger partial charge in [-0.15, -0.1) is 0 Å². The van der Waals surface area contributed by atoms with Gasteiger partial charge in [0, 0.05) is 43.8 Å². The number of unbranched alkanes of at least 4 members (excludes halogenated alkanes) is 9. The summed E-state index contributed by atoms with van der Waals surface area (Å²) in [7, 11) is 4.05. The van der Waals surface area contributed by atoms with Gasteiger partial charge in [-0.1, -0.05) is 105 Å². The smallest absolute Gasteiger partial charge is 0.397 e. The van der Waals surface area contributed by atoms with Gasteiger partial charge in [0.25, 0.3) is 0 Å². The van der Waals surface area contributed by atoms with E-state index < -0.39 is 130 Å². The number of aliphatic carboxylic acids is 1. The fourth-order valence-corrected chi connectivity index (χ4v) is 12.0. The Labute approximate surface area is 518 Å². The van der Waals surface area contributed by atoms with Crippen molar-refractivity contribution in [3.8, 4) is 11.5 Å². The lowest BCUT2D eigenvalue weighted by Crippen LogP contribution is -2.61. The van der Waals surface area contributed by atoms with Crippen LogP contribution in [0.2, 0.25) is 0 Å². The number of carbonyl (C=O) groups is 4. The molecule has 3 fully saturated rings. The van der Waals surface area contributed by atoms with Gasteiger partial charge in [0.05, 0.1) is 74.5 Å². The van der Waals surface area contributed by atoms with E-state index in [0.29, 0.717) is 24.3 Å². The molecule has 3 aliphatic heterocycles. The standard InChI is InChI=1S/C40H71NO14.C12H26O4S.C11H12O4/c1-15-27-40(11,48)33(44)22(5)30(43)20(3)18-38(9,47)35(55-37-32(53-28(42)16-2)26(41(12)13)17-21(4)50-37)23(6)31(24(7)36(46)52-27)54-29-19-39(10,49-14)34(45)25(8)51-29;1-2-3-4-5-6-7-8-9-10-11-12-16-17(13,14)15;1-14-9-5-3-8(4-6-11(12)13)7-10(9)15-2/h20-27,29,31-35,37,44-45,47-48H,15-19H2,1-14H3;2-12H2,1H3,(H,13,14,15);3-7H,1-2H3,(H,12,13). The number of carboxylic acid groups (broad SMARTS) is 1. The highest BCUT2D eigenvalue weighted by Gasteiger charge is 2.54. The third kappa shape index (κ3) is 25.0. The molecule has 0 spiro atoms. The number of Topliss-reactive ketones (excluding diaryl/α,β-unsaturated/α-hetero) is 1. The fourth-order valence-electron chi connectivity index (χ4n) is 11.6. The zero-order valence-electron chi connectivity index (χ0n) is 54.9. The SMILES string of the molecule is CCC(=O)OC1C(OC2C(C)C(OC3CC(C)(OC)C(O)C(C)O3)C(C)C(=O)OC(CC)C(C)(O)C(O)C(C)C(=O)C(C)CC2(C)O)OC(C)CC1N(C)C.CCCCCCCCCCCCOS(=O)(=O)O.COc1ccc(C=CC(=O)O)cc1OC. The van der Waals surface area contributed by atoms with Gasteiger partial charge in [0.2, 0.25) is 0 Å². The minimum absolute atomic E-state index is 0.0760. The summed E-state index contributed by atoms with van der Waals surface area (Å²) >= 11 is 0. The highest BCUT2D eigenvalue weighted by atomic mass is 32.3. The zero-order valence-corrected chi connectivity index (χ0v) is 55.7. The number of aliphatic hydroxyl groups is 4. The van der Waals surface area contributed by atoms with Gasteiger partial charge in [-0.3, -0.25) is 18.9 Å². The molecule has 3 saturated heterocycles. The number of likely N-dealkylation sites (N-methyl/N-ethyl adjacent to an activating group) is 1. The Morgan fingerprint density at radius 2 is 1.37 bits per heavy atom. The molecule has 1 aromatic rings. The van der Waals surface area contributed by atoms with E-state index in [-0.39, 0.29) is 44.4 Å². The highest BCUT2D eigenvalue weighted by molar-refractivity contribution is 7.80. The molecule has 18 atom stereocenters. The van der Waals surface area contributed by atoms with Crippen molar-refractivity contribution in [2.45, 2.75) is 264 Å². The molecular weight excluding hydrogens is 1150 g/mol. The van der Waals surface area contributed by atoms with E-state index in [1.54, 1.807) is 73.8 Å². The van der Waals surface area contributed by atoms with Crippen LogP contribution in [-0.4, -0.2) is 193 Å². The number of methoxy groups -OCH3 is 3. The fraction of sp³-hybridized carbons (Fsp3) is 0.810. The lowest BCUT2D eigenvalue weighted by molar-refractivity contribution is -0.319. The number of hydrogen-bond donors (Lipinski definition) is 6. The molecule has 1 aromatic carbocycles. The maximum Gasteiger partial charge on any atom is 0.397 e. The average molecular weight is 1260 g/mol. The molecule has 0 amide bonds. The number of nitrogens with zero attached hydrogens (tertiary/aromatic N) is 1. The number of rotatable bonds is 25. The normalized spacial score (nSPS) is 33.7. The van der Waals surface area contributed by atoms with Crippen LogP contribution in [0.15, 0.2) is 24.3 Å². The number of ether oxygens (including phenoxy) is 9. The van der Waals surface area contributed by atoms with Gasteiger partial charge in [0.1, 0.15) is 23.6 Å². The maximum atomic E-state index is 14.2. The molecule has 3 aliphatic rings. The molecule has 6 N–H and O–H groups in total. The summed E-state index contributed by atoms with van der Waals surface area (Å²) < 4.78 is 86.7. The highest BCUT2D eigenvalue weighted by Crippen LogP contribution is 2.41. The number of carbonyl (C=O) groups excluding carboxylic acids is 3. The Morgan fingerprint density at radius 3 is 1.89 bits per heavy atom. The van der Waals surface area contributed by atoms with Crippen LogP contribution in [0, 0.1) is 23.7 Å². The van der Waals surface area contributed by atoms with Crippen LogP contribution in [0.4, 0.5) is 0 Å². The van der Waals surface area contributed by atoms with Crippen LogP contribution in [0.25, 0.3) is 6.08 Å². The second kappa shape index (κ2) is 37.4. The molecule has 23 nitrogen and oxygen atoms in total. The first-order valence-corrected chi connectivity index (χ1v) is 32.3. The van der Waals surface area contributed by atoms with Crippen molar-refractivity contribution in [1.29, 1.82) is 0 Å². The zero-order chi connectivity index (χ0) is 66.2. The van der Waals surface area contributed by atoms with Crippen LogP contribution in [0.3, 0.4) is 0 Å². The van der Waals surface area contributed by atoms with E-state index in [1.165, 1.54) is 86.0 Å². The van der Waals surface area contributed by atoms with Crippen molar-refractivity contribution in [2.75, 3.05) is 42.0 Å². The average Bonchev–Trinajstić information content (AvgIpc) is 1.68. The molecule has 87 heavy (non-hydrogen) atoms. The van der Waals surface area contributed by atoms with E-state index in [4.69, 9.17) is 52.3 Å². The number of ketones is 1. The van der Waals surface area contributed by atoms with Gasteiger partial charge < -0.3 is 73.1 Å². The monoisotopic (exact) mass is 1260 g/mol. The van der Waals surface area contributed by atoms with Crippen molar-refractivity contribution in [3.63, 3.8) is 0 Å². The number of benzene rings is 1. The molecule has 0 radical (unpaired) electrons. The molecule has 24 heteroatoms. The van der Waals surface area contributed by atoms with Crippen LogP contribution in [-0.2, 0) is 66.9 Å². The number of esters is 2. The minimum Gasteiger partial charge on any atom is -0.493 e. The lowest BCUT2D eigenvalue weighted by Gasteiger charge is -2.49. The largest absolute Gasteiger partial charge is 0.493 e. The van der Waals surface area contributed by atoms with Gasteiger partial charge >= 0.3 is 28.3 Å². The summed E-state index contributed by atoms with van der Waals surface area (Å²) in [6.45, 7) is 20.3. The lowest BCUT2D eigenvalue weighted by atomic mass is 9.74. The first-order valence-electron chi connectivity index (χ1n) is 30.9. The summed E-state index contributed by atoms with van der Waals surface area (Å²) in [6, 6.07) is 4.86. The molecular formula is C63H109NO22S. The summed E-state index contributed by atoms with van der Waals surface area (Å²) in [5.74, 6) is -5.38. The Balaban J connectivity index is 0.000000651. The Morgan fingerprint density at radius 1 is 0.782 bits per heavy atom. The van der Waals surface area contributed by atoms with E-state index in [0.717, 1.165) is 24.5 Å². The molecule has 4 rings (SSSR count). The first kappa shape index (κ1) is 79.2. The molecule has 0 bridgehead atoms. The second-order valence-corrected chi connectivity index (χ2v) is 25.6. The van der Waals surface area contributed by atoms with Crippen LogP contribution in [0.1, 0.15) is 185 Å². The Hall–Kier alpha value is -3.89. The summed E-state index contributed by atoms with van der Waals surface area (Å²) in [4.78, 5) is 53.2. The van der Waals surface area contributed by atoms with E-state index in [1.807, 2.05) is 25.9 Å². The second-order valence-electron chi connectivity index (χ2n) is 24.5. The van der Waals surface area contributed by atoms with Gasteiger partial charge in [-0.25, -0.2) is 8.98 Å². The summed E-state index contributed by atoms with van der Waals surface area (Å²) in [6.07, 6.45) is 4.73. The van der Waals surface area contributed by atoms with E-state index in [9.17, 15) is 48.0 Å². The quantitative estimate of drug-likeness (QED) is 0.0232. The minimum atomic E-state index is -4.23. The van der Waals surface area contributed by atoms with Crippen molar-refractivity contribution >= 4 is 40.2 Å². The molecule has 0 saturated carbocycles. The van der Waals surface area contributed by atoms with Crippen LogP contribution in [0.5, 0.6) is 11.5 Å². The Kier molecular flexibility index (Phi) is 34.1. The molecule has 0 aromatic heterocycles. The number of cyclic esters (lactones) is 1. The molecule has 504 valence electrons. The van der Waals surface area contributed by atoms with Crippen molar-refractivity contribution in [3.05, 3.63) is 29.8 Å². The number of aliphatic hydroxyl groups excluding tert-OH is 2. The van der Waals surface area contributed by atoms with E-state index in [2.05, 4.69) is 11.1 Å². The predicted octanol–water partition coefficient (Wildman–Crippen LogP) is 8.27. The van der Waals surface area contributed by atoms with Crippen LogP contribution < -0.4 is 9.47 Å². The first-order chi connectivity index (χ1) is 40.6. The van der Waals surface area contributed by atoms with Crippen LogP contribution >= 0.6 is 0 Å². The summed E-state index contributed by atoms with van der Waals surface area (Å²) in [5.41, 5.74) is -4.18. The van der Waals surface area contributed by atoms with Crippen molar-refractivity contribution in [2.24, 2.45) is 23.7 Å². The summed E-state index contributed by atoms with van der Waals surface area (Å²) in [5, 5.41) is 55.0. The molecule has 0 aliphatic carbocycles. The molecule has 18 unspecified atom stereocenters. The predicted molar refractivity (Wildman–Crippen MR) is 326 cm³/mol. The van der Waals surface area contributed by atoms with Gasteiger partial charge in [-0.2, -0.15) is 8.42 Å². The third-order valence-corrected chi connectivity index (χ3v) is 17.4. The van der Waals surface area contributed by atoms with E-state index >= 15 is 0 Å². The van der Waals surface area contributed by atoms with Crippen molar-refractivity contribution < 1.29 is 104 Å². The Bertz CT molecular complexity index is 2370.